The maximum atomic E-state index is 12.8. The Balaban J connectivity index is 2.17. The predicted molar refractivity (Wildman–Crippen MR) is 74.8 cm³/mol. The molecule has 0 saturated carbocycles. The van der Waals surface area contributed by atoms with Crippen molar-refractivity contribution in [3.63, 3.8) is 0 Å². The maximum Gasteiger partial charge on any atom is 0.417 e. The highest BCUT2D eigenvalue weighted by Gasteiger charge is 2.33. The average Bonchev–Trinajstić information content (AvgIpc) is 2.40. The Morgan fingerprint density at radius 1 is 1.38 bits per heavy atom. The molecule has 0 spiro atoms. The summed E-state index contributed by atoms with van der Waals surface area (Å²) >= 11 is 0. The Morgan fingerprint density at radius 3 is 2.67 bits per heavy atom. The van der Waals surface area contributed by atoms with Crippen LogP contribution in [-0.2, 0) is 6.18 Å². The summed E-state index contributed by atoms with van der Waals surface area (Å²) in [5.41, 5.74) is -0.652. The van der Waals surface area contributed by atoms with Crippen molar-refractivity contribution in [2.24, 2.45) is 5.92 Å². The van der Waals surface area contributed by atoms with Gasteiger partial charge in [0.15, 0.2) is 0 Å². The summed E-state index contributed by atoms with van der Waals surface area (Å²) in [6.45, 7) is 4.01. The zero-order valence-electron chi connectivity index (χ0n) is 12.0. The number of piperidine rings is 1. The summed E-state index contributed by atoms with van der Waals surface area (Å²) in [7, 11) is 2.05. The topological polar surface area (TPSA) is 39.1 Å². The number of hydrogen-bond donors (Lipinski definition) is 1. The number of anilines is 1. The molecule has 2 rings (SSSR count). The van der Waals surface area contributed by atoms with Crippen LogP contribution in [0.5, 0.6) is 0 Å². The van der Waals surface area contributed by atoms with Crippen molar-refractivity contribution in [1.82, 2.24) is 4.90 Å². The molecule has 1 aliphatic heterocycles. The third kappa shape index (κ3) is 3.67. The zero-order valence-corrected chi connectivity index (χ0v) is 12.0. The highest BCUT2D eigenvalue weighted by Crippen LogP contribution is 2.33. The zero-order chi connectivity index (χ0) is 15.6. The standard InChI is InChI=1S/C15H18F3N3/c1-10-9-21(2)6-5-14(10)20-12-3-4-13(15(16,17)18)11(7-12)8-19/h3-4,7,10,14,20H,5-6,9H2,1-2H3. The number of benzene rings is 1. The highest BCUT2D eigenvalue weighted by atomic mass is 19.4. The van der Waals surface area contributed by atoms with Gasteiger partial charge in [-0.2, -0.15) is 18.4 Å². The molecule has 114 valence electrons. The van der Waals surface area contributed by atoms with Crippen molar-refractivity contribution in [2.75, 3.05) is 25.5 Å². The van der Waals surface area contributed by atoms with E-state index in [1.54, 1.807) is 6.07 Å². The van der Waals surface area contributed by atoms with E-state index in [-0.39, 0.29) is 11.6 Å². The van der Waals surface area contributed by atoms with Crippen LogP contribution in [0.25, 0.3) is 0 Å². The summed E-state index contributed by atoms with van der Waals surface area (Å²) in [5, 5.41) is 12.2. The van der Waals surface area contributed by atoms with Crippen molar-refractivity contribution in [3.05, 3.63) is 29.3 Å². The van der Waals surface area contributed by atoms with Crippen molar-refractivity contribution >= 4 is 5.69 Å². The molecule has 1 aromatic rings. The number of hydrogen-bond acceptors (Lipinski definition) is 3. The molecule has 1 saturated heterocycles. The Morgan fingerprint density at radius 2 is 2.10 bits per heavy atom. The van der Waals surface area contributed by atoms with E-state index in [9.17, 15) is 13.2 Å². The van der Waals surface area contributed by atoms with Gasteiger partial charge in [-0.15, -0.1) is 0 Å². The highest BCUT2D eigenvalue weighted by molar-refractivity contribution is 5.54. The van der Waals surface area contributed by atoms with E-state index in [2.05, 4.69) is 24.2 Å². The lowest BCUT2D eigenvalue weighted by atomic mass is 9.93. The minimum absolute atomic E-state index is 0.212. The Labute approximate surface area is 122 Å². The number of nitriles is 1. The van der Waals surface area contributed by atoms with Crippen molar-refractivity contribution < 1.29 is 13.2 Å². The van der Waals surface area contributed by atoms with E-state index in [0.717, 1.165) is 25.6 Å². The summed E-state index contributed by atoms with van der Waals surface area (Å²) < 4.78 is 38.3. The number of rotatable bonds is 2. The second-order valence-corrected chi connectivity index (χ2v) is 5.65. The van der Waals surface area contributed by atoms with E-state index in [1.807, 2.05) is 0 Å². The second kappa shape index (κ2) is 5.94. The third-order valence-corrected chi connectivity index (χ3v) is 3.91. The third-order valence-electron chi connectivity index (χ3n) is 3.91. The first kappa shape index (κ1) is 15.6. The van der Waals surface area contributed by atoms with Gasteiger partial charge in [0, 0.05) is 18.3 Å². The van der Waals surface area contributed by atoms with Gasteiger partial charge in [-0.05, 0) is 44.1 Å². The average molecular weight is 297 g/mol. The van der Waals surface area contributed by atoms with Gasteiger partial charge in [0.05, 0.1) is 17.2 Å². The molecule has 1 aromatic carbocycles. The molecule has 0 amide bonds. The number of nitrogens with one attached hydrogen (secondary N) is 1. The van der Waals surface area contributed by atoms with Crippen LogP contribution in [0.15, 0.2) is 18.2 Å². The van der Waals surface area contributed by atoms with Crippen LogP contribution < -0.4 is 5.32 Å². The van der Waals surface area contributed by atoms with Gasteiger partial charge in [-0.1, -0.05) is 6.92 Å². The quantitative estimate of drug-likeness (QED) is 0.910. The second-order valence-electron chi connectivity index (χ2n) is 5.65. The lowest BCUT2D eigenvalue weighted by Crippen LogP contribution is -2.43. The normalized spacial score (nSPS) is 23.6. The van der Waals surface area contributed by atoms with Gasteiger partial charge in [-0.25, -0.2) is 0 Å². The number of halogens is 3. The van der Waals surface area contributed by atoms with E-state index in [1.165, 1.54) is 12.1 Å². The number of nitrogens with zero attached hydrogens (tertiary/aromatic N) is 2. The number of alkyl halides is 3. The van der Waals surface area contributed by atoms with E-state index >= 15 is 0 Å². The van der Waals surface area contributed by atoms with Crippen LogP contribution in [-0.4, -0.2) is 31.1 Å². The molecule has 2 atom stereocenters. The molecule has 3 nitrogen and oxygen atoms in total. The molecule has 1 N–H and O–H groups in total. The van der Waals surface area contributed by atoms with E-state index in [0.29, 0.717) is 11.6 Å². The lowest BCUT2D eigenvalue weighted by molar-refractivity contribution is -0.137. The molecule has 2 unspecified atom stereocenters. The van der Waals surface area contributed by atoms with Gasteiger partial charge in [0.2, 0.25) is 0 Å². The van der Waals surface area contributed by atoms with Crippen molar-refractivity contribution in [3.8, 4) is 6.07 Å². The van der Waals surface area contributed by atoms with Gasteiger partial charge in [-0.3, -0.25) is 0 Å². The van der Waals surface area contributed by atoms with E-state index < -0.39 is 11.7 Å². The Kier molecular flexibility index (Phi) is 4.43. The minimum Gasteiger partial charge on any atom is -0.382 e. The molecule has 21 heavy (non-hydrogen) atoms. The molecule has 0 radical (unpaired) electrons. The smallest absolute Gasteiger partial charge is 0.382 e. The molecule has 0 aromatic heterocycles. The number of likely N-dealkylation sites (tertiary alicyclic amines) is 1. The van der Waals surface area contributed by atoms with Crippen LogP contribution in [0.1, 0.15) is 24.5 Å². The lowest BCUT2D eigenvalue weighted by Gasteiger charge is -2.35. The van der Waals surface area contributed by atoms with Gasteiger partial charge in [0.1, 0.15) is 0 Å². The SMILES string of the molecule is CC1CN(C)CCC1Nc1ccc(C(F)(F)F)c(C#N)c1. The maximum absolute atomic E-state index is 12.8. The minimum atomic E-state index is -4.50. The van der Waals surface area contributed by atoms with E-state index in [4.69, 9.17) is 5.26 Å². The molecule has 0 aliphatic carbocycles. The molecular formula is C15H18F3N3. The summed E-state index contributed by atoms with van der Waals surface area (Å²) in [4.78, 5) is 2.23. The summed E-state index contributed by atoms with van der Waals surface area (Å²) in [6, 6.07) is 5.50. The molecule has 1 heterocycles. The van der Waals surface area contributed by atoms with Crippen LogP contribution in [0.4, 0.5) is 18.9 Å². The fourth-order valence-electron chi connectivity index (χ4n) is 2.76. The molecule has 1 aliphatic rings. The summed E-state index contributed by atoms with van der Waals surface area (Å²) in [5.74, 6) is 0.400. The monoisotopic (exact) mass is 297 g/mol. The van der Waals surface area contributed by atoms with Crippen molar-refractivity contribution in [1.29, 1.82) is 5.26 Å². The first-order valence-corrected chi connectivity index (χ1v) is 6.87. The van der Waals surface area contributed by atoms with Gasteiger partial charge < -0.3 is 10.2 Å². The predicted octanol–water partition coefficient (Wildman–Crippen LogP) is 3.33. The Bertz CT molecular complexity index is 548. The van der Waals surface area contributed by atoms with Crippen LogP contribution in [0.3, 0.4) is 0 Å². The van der Waals surface area contributed by atoms with Crippen molar-refractivity contribution in [2.45, 2.75) is 25.6 Å². The first-order chi connectivity index (χ1) is 9.81. The summed E-state index contributed by atoms with van der Waals surface area (Å²) in [6.07, 6.45) is -3.56. The fourth-order valence-corrected chi connectivity index (χ4v) is 2.76. The molecule has 1 fully saturated rings. The Hall–Kier alpha value is -1.74. The van der Waals surface area contributed by atoms with Gasteiger partial charge >= 0.3 is 6.18 Å². The van der Waals surface area contributed by atoms with Crippen LogP contribution >= 0.6 is 0 Å². The van der Waals surface area contributed by atoms with Crippen LogP contribution in [0, 0.1) is 17.2 Å². The largest absolute Gasteiger partial charge is 0.417 e. The first-order valence-electron chi connectivity index (χ1n) is 6.87. The van der Waals surface area contributed by atoms with Gasteiger partial charge in [0.25, 0.3) is 0 Å². The molecular weight excluding hydrogens is 279 g/mol. The molecule has 0 bridgehead atoms. The molecule has 6 heteroatoms. The fraction of sp³-hybridized carbons (Fsp3) is 0.533. The van der Waals surface area contributed by atoms with Crippen LogP contribution in [0.2, 0.25) is 0 Å².